The van der Waals surface area contributed by atoms with Crippen LogP contribution < -0.4 is 14.8 Å². The number of azo groups is 2. The molecule has 6 N–H and O–H groups in total. The highest BCUT2D eigenvalue weighted by molar-refractivity contribution is 7.86. The lowest BCUT2D eigenvalue weighted by Crippen LogP contribution is -2.12. The number of hydrogen-bond donors (Lipinski definition) is 6. The molecule has 0 fully saturated rings. The van der Waals surface area contributed by atoms with E-state index in [1.165, 1.54) is 68.8 Å². The number of carbonyl (C=O) groups is 1. The largest absolute Gasteiger partial charge is 0.506 e. The second-order valence-corrected chi connectivity index (χ2v) is 16.0. The van der Waals surface area contributed by atoms with Crippen LogP contribution in [0.3, 0.4) is 0 Å². The fraction of sp³-hybridized carbons (Fsp3) is 0.0571. The van der Waals surface area contributed by atoms with Crippen LogP contribution in [-0.2, 0) is 30.4 Å². The fourth-order valence-corrected chi connectivity index (χ4v) is 7.15. The van der Waals surface area contributed by atoms with Gasteiger partial charge in [-0.1, -0.05) is 24.3 Å². The Morgan fingerprint density at radius 2 is 1.16 bits per heavy atom. The molecule has 0 aliphatic rings. The number of methoxy groups -OCH3 is 2. The number of amides is 1. The van der Waals surface area contributed by atoms with Crippen molar-refractivity contribution in [3.8, 4) is 23.0 Å². The van der Waals surface area contributed by atoms with E-state index in [9.17, 15) is 53.9 Å². The Bertz CT molecular complexity index is 3030. The van der Waals surface area contributed by atoms with Crippen molar-refractivity contribution in [1.82, 2.24) is 0 Å². The molecule has 294 valence electrons. The zero-order valence-electron chi connectivity index (χ0n) is 29.1. The fourth-order valence-electron chi connectivity index (χ4n) is 5.51. The molecule has 0 unspecified atom stereocenters. The molecule has 0 aromatic heterocycles. The standard InChI is InChI=1S/C35H27N5O14S3/c1-53-29-17-27(30(54-2)16-26(29)37-39-32-23-14-21(56(47,48)49)12-6-18(23)9-13-28(32)41)38-40-33-31(57(50,51)52)15-24-22(34(33)42)4-3-5-25(24)36-35(43)19-7-10-20(11-8-19)55(44,45)46/h3-17,41-42H,1-2H3,(H,36,43)(H,44,45,46)(H,47,48,49)(H,50,51,52). The highest BCUT2D eigenvalue weighted by Crippen LogP contribution is 2.46. The van der Waals surface area contributed by atoms with Gasteiger partial charge in [0.15, 0.2) is 5.75 Å². The number of aromatic hydroxyl groups is 2. The molecule has 0 radical (unpaired) electrons. The van der Waals surface area contributed by atoms with Crippen LogP contribution in [0.15, 0.2) is 126 Å². The van der Waals surface area contributed by atoms with Gasteiger partial charge >= 0.3 is 0 Å². The van der Waals surface area contributed by atoms with Gasteiger partial charge in [0.1, 0.15) is 44.9 Å². The van der Waals surface area contributed by atoms with Crippen molar-refractivity contribution in [2.45, 2.75) is 14.7 Å². The normalized spacial score (nSPS) is 12.4. The van der Waals surface area contributed by atoms with Gasteiger partial charge in [-0.3, -0.25) is 18.5 Å². The van der Waals surface area contributed by atoms with E-state index in [2.05, 4.69) is 25.8 Å². The van der Waals surface area contributed by atoms with Crippen LogP contribution in [0, 0.1) is 0 Å². The molecule has 57 heavy (non-hydrogen) atoms. The summed E-state index contributed by atoms with van der Waals surface area (Å²) in [6.45, 7) is 0. The minimum absolute atomic E-state index is 0.00223. The lowest BCUT2D eigenvalue weighted by molar-refractivity contribution is 0.102. The molecule has 0 saturated carbocycles. The summed E-state index contributed by atoms with van der Waals surface area (Å²) in [7, 11) is -11.7. The highest BCUT2D eigenvalue weighted by atomic mass is 32.2. The minimum Gasteiger partial charge on any atom is -0.506 e. The van der Waals surface area contributed by atoms with E-state index >= 15 is 0 Å². The first kappa shape index (κ1) is 40.1. The summed E-state index contributed by atoms with van der Waals surface area (Å²) < 4.78 is 111. The van der Waals surface area contributed by atoms with Crippen LogP contribution in [0.4, 0.5) is 28.4 Å². The molecule has 19 nitrogen and oxygen atoms in total. The molecule has 6 aromatic carbocycles. The molecule has 6 rings (SSSR count). The van der Waals surface area contributed by atoms with E-state index in [1.54, 1.807) is 0 Å². The zero-order valence-corrected chi connectivity index (χ0v) is 31.5. The zero-order chi connectivity index (χ0) is 41.4. The number of carbonyl (C=O) groups excluding carboxylic acids is 1. The predicted molar refractivity (Wildman–Crippen MR) is 203 cm³/mol. The van der Waals surface area contributed by atoms with Crippen LogP contribution in [0.1, 0.15) is 10.4 Å². The molecular weight excluding hydrogens is 811 g/mol. The average Bonchev–Trinajstić information content (AvgIpc) is 3.15. The van der Waals surface area contributed by atoms with Crippen molar-refractivity contribution in [1.29, 1.82) is 0 Å². The quantitative estimate of drug-likeness (QED) is 0.0553. The van der Waals surface area contributed by atoms with Crippen LogP contribution >= 0.6 is 0 Å². The Hall–Kier alpha value is -6.56. The van der Waals surface area contributed by atoms with Crippen molar-refractivity contribution >= 4 is 86.2 Å². The topological polar surface area (TPSA) is 301 Å². The number of rotatable bonds is 11. The number of phenolic OH excluding ortho intramolecular Hbond substituents is 2. The maximum absolute atomic E-state index is 13.0. The molecule has 0 aliphatic heterocycles. The Kier molecular flexibility index (Phi) is 10.7. The Morgan fingerprint density at radius 1 is 0.596 bits per heavy atom. The number of hydrogen-bond acceptors (Lipinski definition) is 15. The van der Waals surface area contributed by atoms with Gasteiger partial charge < -0.3 is 25.0 Å². The second-order valence-electron chi connectivity index (χ2n) is 11.8. The summed E-state index contributed by atoms with van der Waals surface area (Å²) in [5, 5.41) is 41.1. The summed E-state index contributed by atoms with van der Waals surface area (Å²) in [5.41, 5.74) is -0.999. The van der Waals surface area contributed by atoms with Crippen molar-refractivity contribution in [2.24, 2.45) is 20.5 Å². The first-order valence-electron chi connectivity index (χ1n) is 15.8. The molecule has 0 saturated heterocycles. The molecule has 6 aromatic rings. The molecule has 0 heterocycles. The average molecular weight is 838 g/mol. The van der Waals surface area contributed by atoms with Crippen LogP contribution in [0.5, 0.6) is 23.0 Å². The lowest BCUT2D eigenvalue weighted by Gasteiger charge is -2.13. The van der Waals surface area contributed by atoms with Crippen molar-refractivity contribution < 1.29 is 63.4 Å². The first-order valence-corrected chi connectivity index (χ1v) is 20.1. The minimum atomic E-state index is -5.13. The third-order valence-corrected chi connectivity index (χ3v) is 10.9. The van der Waals surface area contributed by atoms with Crippen molar-refractivity contribution in [3.63, 3.8) is 0 Å². The SMILES string of the molecule is COc1cc(N=Nc2c(O)ccc3ccc(S(=O)(=O)O)cc23)c(OC)cc1N=Nc1c(S(=O)(=O)O)cc2c(NC(=O)c3ccc(S(=O)(=O)O)cc3)cccc2c1O. The molecule has 0 aliphatic carbocycles. The van der Waals surface area contributed by atoms with E-state index in [0.717, 1.165) is 36.4 Å². The maximum Gasteiger partial charge on any atom is 0.296 e. The highest BCUT2D eigenvalue weighted by Gasteiger charge is 2.24. The van der Waals surface area contributed by atoms with Crippen LogP contribution in [-0.4, -0.2) is 69.3 Å². The van der Waals surface area contributed by atoms with Gasteiger partial charge in [-0.05, 0) is 60.0 Å². The lowest BCUT2D eigenvalue weighted by atomic mass is 10.1. The number of nitrogens with one attached hydrogen (secondary N) is 1. The van der Waals surface area contributed by atoms with E-state index < -0.39 is 62.4 Å². The summed E-state index contributed by atoms with van der Waals surface area (Å²) >= 11 is 0. The number of phenols is 2. The molecule has 22 heteroatoms. The summed E-state index contributed by atoms with van der Waals surface area (Å²) in [6.07, 6.45) is 0. The molecule has 0 spiro atoms. The number of anilines is 1. The summed E-state index contributed by atoms with van der Waals surface area (Å²) in [5.74, 6) is -1.95. The van der Waals surface area contributed by atoms with Gasteiger partial charge in [-0.25, -0.2) is 0 Å². The molecule has 1 amide bonds. The van der Waals surface area contributed by atoms with Gasteiger partial charge in [-0.15, -0.1) is 20.5 Å². The Balaban J connectivity index is 1.38. The van der Waals surface area contributed by atoms with E-state index in [4.69, 9.17) is 9.47 Å². The third kappa shape index (κ3) is 8.35. The van der Waals surface area contributed by atoms with E-state index in [-0.39, 0.29) is 61.7 Å². The second kappa shape index (κ2) is 15.2. The van der Waals surface area contributed by atoms with Gasteiger partial charge in [0, 0.05) is 39.5 Å². The molecule has 0 atom stereocenters. The molecule has 0 bridgehead atoms. The molecular formula is C35H27N5O14S3. The van der Waals surface area contributed by atoms with E-state index in [1.807, 2.05) is 0 Å². The first-order chi connectivity index (χ1) is 26.8. The van der Waals surface area contributed by atoms with Crippen molar-refractivity contribution in [3.05, 3.63) is 96.6 Å². The van der Waals surface area contributed by atoms with E-state index in [0.29, 0.717) is 5.39 Å². The number of ether oxygens (including phenoxy) is 2. The van der Waals surface area contributed by atoms with Gasteiger partial charge in [0.2, 0.25) is 0 Å². The third-order valence-electron chi connectivity index (χ3n) is 8.27. The maximum atomic E-state index is 13.0. The Morgan fingerprint density at radius 3 is 1.72 bits per heavy atom. The summed E-state index contributed by atoms with van der Waals surface area (Å²) in [4.78, 5) is 11.2. The Labute approximate surface area is 322 Å². The number of benzene rings is 6. The van der Waals surface area contributed by atoms with Crippen LogP contribution in [0.25, 0.3) is 21.5 Å². The van der Waals surface area contributed by atoms with Gasteiger partial charge in [0.05, 0.1) is 24.0 Å². The smallest absolute Gasteiger partial charge is 0.296 e. The monoisotopic (exact) mass is 837 g/mol. The number of nitrogens with zero attached hydrogens (tertiary/aromatic N) is 4. The van der Waals surface area contributed by atoms with Gasteiger partial charge in [-0.2, -0.15) is 25.3 Å². The van der Waals surface area contributed by atoms with Crippen LogP contribution in [0.2, 0.25) is 0 Å². The number of fused-ring (bicyclic) bond motifs is 2. The van der Waals surface area contributed by atoms with Crippen molar-refractivity contribution in [2.75, 3.05) is 19.5 Å². The predicted octanol–water partition coefficient (Wildman–Crippen LogP) is 7.24. The van der Waals surface area contributed by atoms with Gasteiger partial charge in [0.25, 0.3) is 36.3 Å². The summed E-state index contributed by atoms with van der Waals surface area (Å²) in [6, 6.07) is 18.4.